The minimum Gasteiger partial charge on any atom is -0.378 e. The normalized spacial score (nSPS) is 12.2. The molecular weight excluding hydrogens is 220 g/mol. The molecule has 1 rings (SSSR count). The molecule has 0 aliphatic carbocycles. The SMILES string of the molecule is C=CCC[C@H](N)c1ccc(N(C)C)cc1Cl. The monoisotopic (exact) mass is 238 g/mol. The molecule has 2 nitrogen and oxygen atoms in total. The van der Waals surface area contributed by atoms with Crippen molar-refractivity contribution < 1.29 is 0 Å². The molecule has 88 valence electrons. The molecule has 0 aliphatic rings. The highest BCUT2D eigenvalue weighted by atomic mass is 35.5. The molecule has 0 aromatic heterocycles. The summed E-state index contributed by atoms with van der Waals surface area (Å²) in [6.07, 6.45) is 3.67. The summed E-state index contributed by atoms with van der Waals surface area (Å²) in [5.41, 5.74) is 8.16. The van der Waals surface area contributed by atoms with Crippen LogP contribution in [0, 0.1) is 0 Å². The molecule has 0 saturated carbocycles. The van der Waals surface area contributed by atoms with E-state index in [0.717, 1.165) is 29.1 Å². The van der Waals surface area contributed by atoms with Crippen molar-refractivity contribution in [3.8, 4) is 0 Å². The third-order valence-electron chi connectivity index (χ3n) is 2.58. The van der Waals surface area contributed by atoms with E-state index in [-0.39, 0.29) is 6.04 Å². The third-order valence-corrected chi connectivity index (χ3v) is 2.91. The quantitative estimate of drug-likeness (QED) is 0.797. The number of nitrogens with zero attached hydrogens (tertiary/aromatic N) is 1. The van der Waals surface area contributed by atoms with E-state index < -0.39 is 0 Å². The Hall–Kier alpha value is -0.990. The molecule has 0 aliphatic heterocycles. The first kappa shape index (κ1) is 13.1. The highest BCUT2D eigenvalue weighted by molar-refractivity contribution is 6.31. The van der Waals surface area contributed by atoms with Crippen LogP contribution in [0.2, 0.25) is 5.02 Å². The topological polar surface area (TPSA) is 29.3 Å². The van der Waals surface area contributed by atoms with E-state index >= 15 is 0 Å². The van der Waals surface area contributed by atoms with Crippen LogP contribution >= 0.6 is 11.6 Å². The Morgan fingerprint density at radius 2 is 2.19 bits per heavy atom. The average molecular weight is 239 g/mol. The zero-order valence-electron chi connectivity index (χ0n) is 9.91. The molecular formula is C13H19ClN2. The summed E-state index contributed by atoms with van der Waals surface area (Å²) < 4.78 is 0. The molecule has 1 aromatic rings. The highest BCUT2D eigenvalue weighted by Crippen LogP contribution is 2.28. The van der Waals surface area contributed by atoms with E-state index in [1.807, 2.05) is 43.3 Å². The smallest absolute Gasteiger partial charge is 0.0474 e. The molecule has 0 unspecified atom stereocenters. The van der Waals surface area contributed by atoms with Gasteiger partial charge in [0.25, 0.3) is 0 Å². The van der Waals surface area contributed by atoms with Crippen LogP contribution in [0.15, 0.2) is 30.9 Å². The summed E-state index contributed by atoms with van der Waals surface area (Å²) in [6.45, 7) is 3.69. The Bertz CT molecular complexity index is 361. The van der Waals surface area contributed by atoms with Crippen LogP contribution in [0.25, 0.3) is 0 Å². The Morgan fingerprint density at radius 1 is 1.50 bits per heavy atom. The Balaban J connectivity index is 2.85. The van der Waals surface area contributed by atoms with Gasteiger partial charge in [0.2, 0.25) is 0 Å². The van der Waals surface area contributed by atoms with Gasteiger partial charge in [0.05, 0.1) is 0 Å². The van der Waals surface area contributed by atoms with Crippen molar-refractivity contribution in [1.29, 1.82) is 0 Å². The fraction of sp³-hybridized carbons (Fsp3) is 0.385. The summed E-state index contributed by atoms with van der Waals surface area (Å²) in [4.78, 5) is 2.02. The number of nitrogens with two attached hydrogens (primary N) is 1. The molecule has 3 heteroatoms. The van der Waals surface area contributed by atoms with Gasteiger partial charge in [-0.25, -0.2) is 0 Å². The zero-order valence-corrected chi connectivity index (χ0v) is 10.7. The number of halogens is 1. The zero-order chi connectivity index (χ0) is 12.1. The molecule has 0 spiro atoms. The number of rotatable bonds is 5. The van der Waals surface area contributed by atoms with E-state index in [2.05, 4.69) is 6.58 Å². The van der Waals surface area contributed by atoms with Crippen molar-refractivity contribution in [2.24, 2.45) is 5.73 Å². The van der Waals surface area contributed by atoms with Crippen molar-refractivity contribution in [2.45, 2.75) is 18.9 Å². The van der Waals surface area contributed by atoms with Crippen molar-refractivity contribution >= 4 is 17.3 Å². The molecule has 0 saturated heterocycles. The Kier molecular flexibility index (Phi) is 4.84. The second-order valence-corrected chi connectivity index (χ2v) is 4.48. The van der Waals surface area contributed by atoms with Gasteiger partial charge < -0.3 is 10.6 Å². The molecule has 1 aromatic carbocycles. The molecule has 0 fully saturated rings. The first-order valence-electron chi connectivity index (χ1n) is 5.39. The minimum atomic E-state index is -0.0123. The fourth-order valence-electron chi connectivity index (χ4n) is 1.55. The average Bonchev–Trinajstić information content (AvgIpc) is 2.25. The third kappa shape index (κ3) is 3.26. The van der Waals surface area contributed by atoms with E-state index in [0.29, 0.717) is 0 Å². The number of hydrogen-bond acceptors (Lipinski definition) is 2. The minimum absolute atomic E-state index is 0.0123. The van der Waals surface area contributed by atoms with Crippen LogP contribution in [-0.4, -0.2) is 14.1 Å². The van der Waals surface area contributed by atoms with Crippen LogP contribution in [0.5, 0.6) is 0 Å². The maximum absolute atomic E-state index is 6.21. The number of hydrogen-bond donors (Lipinski definition) is 1. The van der Waals surface area contributed by atoms with Crippen LogP contribution in [0.4, 0.5) is 5.69 Å². The maximum Gasteiger partial charge on any atom is 0.0474 e. The lowest BCUT2D eigenvalue weighted by atomic mass is 10.0. The van der Waals surface area contributed by atoms with Gasteiger partial charge in [-0.1, -0.05) is 23.7 Å². The summed E-state index contributed by atoms with van der Waals surface area (Å²) in [5.74, 6) is 0. The lowest BCUT2D eigenvalue weighted by Crippen LogP contribution is -2.12. The molecule has 2 N–H and O–H groups in total. The number of allylic oxidation sites excluding steroid dienone is 1. The summed E-state index contributed by atoms with van der Waals surface area (Å²) >= 11 is 6.21. The lowest BCUT2D eigenvalue weighted by molar-refractivity contribution is 0.661. The predicted molar refractivity (Wildman–Crippen MR) is 72.1 cm³/mol. The van der Waals surface area contributed by atoms with Gasteiger partial charge in [-0.05, 0) is 30.5 Å². The second kappa shape index (κ2) is 5.92. The predicted octanol–water partition coefficient (Wildman–Crippen LogP) is 3.37. The van der Waals surface area contributed by atoms with Crippen LogP contribution < -0.4 is 10.6 Å². The molecule has 1 atom stereocenters. The van der Waals surface area contributed by atoms with Gasteiger partial charge in [-0.3, -0.25) is 0 Å². The van der Waals surface area contributed by atoms with Crippen molar-refractivity contribution in [2.75, 3.05) is 19.0 Å². The van der Waals surface area contributed by atoms with Gasteiger partial charge in [-0.15, -0.1) is 6.58 Å². The van der Waals surface area contributed by atoms with E-state index in [4.69, 9.17) is 17.3 Å². The van der Waals surface area contributed by atoms with Crippen molar-refractivity contribution in [3.63, 3.8) is 0 Å². The van der Waals surface area contributed by atoms with Gasteiger partial charge >= 0.3 is 0 Å². The van der Waals surface area contributed by atoms with E-state index in [1.54, 1.807) is 0 Å². The van der Waals surface area contributed by atoms with Crippen molar-refractivity contribution in [1.82, 2.24) is 0 Å². The number of anilines is 1. The largest absolute Gasteiger partial charge is 0.378 e. The first-order valence-corrected chi connectivity index (χ1v) is 5.77. The highest BCUT2D eigenvalue weighted by Gasteiger charge is 2.10. The first-order chi connectivity index (χ1) is 7.56. The standard InChI is InChI=1S/C13H19ClN2/c1-4-5-6-13(15)11-8-7-10(16(2)3)9-12(11)14/h4,7-9,13H,1,5-6,15H2,2-3H3/t13-/m0/s1. The lowest BCUT2D eigenvalue weighted by Gasteiger charge is -2.17. The van der Waals surface area contributed by atoms with Gasteiger partial charge in [0.1, 0.15) is 0 Å². The summed E-state index contributed by atoms with van der Waals surface area (Å²) in [6, 6.07) is 5.98. The van der Waals surface area contributed by atoms with Crippen LogP contribution in [-0.2, 0) is 0 Å². The molecule has 0 heterocycles. The summed E-state index contributed by atoms with van der Waals surface area (Å²) in [7, 11) is 3.98. The van der Waals surface area contributed by atoms with Crippen LogP contribution in [0.1, 0.15) is 24.4 Å². The summed E-state index contributed by atoms with van der Waals surface area (Å²) in [5, 5.41) is 0.739. The van der Waals surface area contributed by atoms with E-state index in [9.17, 15) is 0 Å². The Labute approximate surface area is 103 Å². The van der Waals surface area contributed by atoms with Gasteiger partial charge in [-0.2, -0.15) is 0 Å². The fourth-order valence-corrected chi connectivity index (χ4v) is 1.86. The molecule has 16 heavy (non-hydrogen) atoms. The second-order valence-electron chi connectivity index (χ2n) is 4.07. The molecule has 0 amide bonds. The van der Waals surface area contributed by atoms with Crippen LogP contribution in [0.3, 0.4) is 0 Å². The number of benzene rings is 1. The van der Waals surface area contributed by atoms with E-state index in [1.165, 1.54) is 0 Å². The molecule has 0 radical (unpaired) electrons. The molecule has 0 bridgehead atoms. The van der Waals surface area contributed by atoms with Gasteiger partial charge in [0.15, 0.2) is 0 Å². The maximum atomic E-state index is 6.21. The van der Waals surface area contributed by atoms with Gasteiger partial charge in [0, 0.05) is 30.8 Å². The van der Waals surface area contributed by atoms with Crippen molar-refractivity contribution in [3.05, 3.63) is 41.4 Å². The Morgan fingerprint density at radius 3 is 2.69 bits per heavy atom.